The lowest BCUT2D eigenvalue weighted by Gasteiger charge is -2.14. The van der Waals surface area contributed by atoms with Gasteiger partial charge in [0.1, 0.15) is 10.7 Å². The first-order valence-electron chi connectivity index (χ1n) is 8.07. The predicted octanol–water partition coefficient (Wildman–Crippen LogP) is 2.99. The van der Waals surface area contributed by atoms with Gasteiger partial charge in [-0.1, -0.05) is 6.92 Å². The molecule has 0 saturated heterocycles. The number of nitrogens with zero attached hydrogens (tertiary/aromatic N) is 2. The minimum absolute atomic E-state index is 0.152. The molecule has 0 saturated carbocycles. The number of aromatic nitrogens is 2. The molecule has 0 aromatic carbocycles. The van der Waals surface area contributed by atoms with E-state index < -0.39 is 0 Å². The van der Waals surface area contributed by atoms with Crippen LogP contribution < -0.4 is 11.0 Å². The predicted molar refractivity (Wildman–Crippen MR) is 94.2 cm³/mol. The molecule has 2 heterocycles. The summed E-state index contributed by atoms with van der Waals surface area (Å²) in [5.74, 6) is 0.587. The van der Waals surface area contributed by atoms with Gasteiger partial charge in [0, 0.05) is 23.6 Å². The number of halogens is 1. The van der Waals surface area contributed by atoms with E-state index in [1.165, 1.54) is 16.0 Å². The van der Waals surface area contributed by atoms with Crippen LogP contribution in [0.5, 0.6) is 0 Å². The van der Waals surface area contributed by atoms with Crippen molar-refractivity contribution < 1.29 is 4.79 Å². The monoisotopic (exact) mass is 353 g/mol. The molecule has 1 aliphatic rings. The molecule has 1 amide bonds. The number of carbonyl (C=O) groups is 1. The quantitative estimate of drug-likeness (QED) is 0.840. The SMILES string of the molecule is CCCc1nc2sc3c(c2c(=O)n1NC(=O)CCCl)CCCC3. The minimum atomic E-state index is -0.260. The van der Waals surface area contributed by atoms with Gasteiger partial charge in [0.2, 0.25) is 5.91 Å². The van der Waals surface area contributed by atoms with E-state index in [1.54, 1.807) is 11.3 Å². The molecule has 2 aromatic rings. The third-order valence-electron chi connectivity index (χ3n) is 4.09. The Hall–Kier alpha value is -1.40. The van der Waals surface area contributed by atoms with Crippen molar-refractivity contribution in [2.45, 2.75) is 51.9 Å². The zero-order chi connectivity index (χ0) is 16.4. The fraction of sp³-hybridized carbons (Fsp3) is 0.562. The molecule has 2 aromatic heterocycles. The van der Waals surface area contributed by atoms with Gasteiger partial charge in [0.15, 0.2) is 0 Å². The zero-order valence-corrected chi connectivity index (χ0v) is 14.7. The van der Waals surface area contributed by atoms with E-state index in [4.69, 9.17) is 11.6 Å². The maximum absolute atomic E-state index is 13.0. The lowest BCUT2D eigenvalue weighted by molar-refractivity contribution is -0.116. The molecular formula is C16H20ClN3O2S. The van der Waals surface area contributed by atoms with Gasteiger partial charge in [-0.05, 0) is 37.7 Å². The number of hydrogen-bond donors (Lipinski definition) is 1. The number of aryl methyl sites for hydroxylation is 3. The fourth-order valence-corrected chi connectivity index (χ4v) is 4.46. The van der Waals surface area contributed by atoms with Crippen molar-refractivity contribution in [1.82, 2.24) is 9.66 Å². The maximum Gasteiger partial charge on any atom is 0.281 e. The van der Waals surface area contributed by atoms with Crippen molar-refractivity contribution in [3.8, 4) is 0 Å². The highest BCUT2D eigenvalue weighted by molar-refractivity contribution is 7.18. The number of nitrogens with one attached hydrogen (secondary N) is 1. The number of fused-ring (bicyclic) bond motifs is 3. The fourth-order valence-electron chi connectivity index (χ4n) is 3.02. The van der Waals surface area contributed by atoms with Gasteiger partial charge < -0.3 is 0 Å². The Labute approximate surface area is 143 Å². The second-order valence-corrected chi connectivity index (χ2v) is 7.25. The largest absolute Gasteiger partial charge is 0.281 e. The lowest BCUT2D eigenvalue weighted by atomic mass is 9.97. The van der Waals surface area contributed by atoms with Crippen LogP contribution in [0, 0.1) is 0 Å². The molecule has 0 unspecified atom stereocenters. The highest BCUT2D eigenvalue weighted by Crippen LogP contribution is 2.33. The van der Waals surface area contributed by atoms with Crippen LogP contribution in [0.25, 0.3) is 10.2 Å². The van der Waals surface area contributed by atoms with Crippen LogP contribution in [0.4, 0.5) is 0 Å². The van der Waals surface area contributed by atoms with Crippen LogP contribution in [0.3, 0.4) is 0 Å². The van der Waals surface area contributed by atoms with E-state index in [0.717, 1.165) is 36.1 Å². The molecule has 1 aliphatic carbocycles. The summed E-state index contributed by atoms with van der Waals surface area (Å²) in [6, 6.07) is 0. The van der Waals surface area contributed by atoms with Crippen LogP contribution in [0.15, 0.2) is 4.79 Å². The smallest absolute Gasteiger partial charge is 0.273 e. The zero-order valence-electron chi connectivity index (χ0n) is 13.2. The summed E-state index contributed by atoms with van der Waals surface area (Å²) in [5, 5.41) is 0.690. The van der Waals surface area contributed by atoms with Crippen molar-refractivity contribution in [3.63, 3.8) is 0 Å². The van der Waals surface area contributed by atoms with Gasteiger partial charge in [0.25, 0.3) is 5.56 Å². The molecule has 23 heavy (non-hydrogen) atoms. The third-order valence-corrected chi connectivity index (χ3v) is 5.46. The van der Waals surface area contributed by atoms with Gasteiger partial charge in [-0.3, -0.25) is 15.0 Å². The van der Waals surface area contributed by atoms with Gasteiger partial charge in [0.05, 0.1) is 5.39 Å². The van der Waals surface area contributed by atoms with Gasteiger partial charge >= 0.3 is 0 Å². The summed E-state index contributed by atoms with van der Waals surface area (Å²) in [5.41, 5.74) is 3.66. The van der Waals surface area contributed by atoms with Gasteiger partial charge in [-0.25, -0.2) is 9.66 Å². The molecule has 124 valence electrons. The topological polar surface area (TPSA) is 64.0 Å². The van der Waals surface area contributed by atoms with Crippen LogP contribution in [-0.4, -0.2) is 21.4 Å². The Balaban J connectivity index is 2.15. The summed E-state index contributed by atoms with van der Waals surface area (Å²) in [4.78, 5) is 31.7. The number of hydrogen-bond acceptors (Lipinski definition) is 4. The molecule has 0 fully saturated rings. The summed E-state index contributed by atoms with van der Waals surface area (Å²) in [6.07, 6.45) is 5.91. The van der Waals surface area contributed by atoms with Crippen LogP contribution in [-0.2, 0) is 24.1 Å². The molecule has 5 nitrogen and oxygen atoms in total. The Bertz CT molecular complexity index is 797. The summed E-state index contributed by atoms with van der Waals surface area (Å²) in [7, 11) is 0. The number of amides is 1. The van der Waals surface area contributed by atoms with Crippen LogP contribution in [0.1, 0.15) is 48.9 Å². The maximum atomic E-state index is 13.0. The first kappa shape index (κ1) is 16.5. The highest BCUT2D eigenvalue weighted by atomic mass is 35.5. The second-order valence-electron chi connectivity index (χ2n) is 5.78. The molecule has 7 heteroatoms. The lowest BCUT2D eigenvalue weighted by Crippen LogP contribution is -2.36. The van der Waals surface area contributed by atoms with E-state index >= 15 is 0 Å². The van der Waals surface area contributed by atoms with E-state index in [2.05, 4.69) is 10.4 Å². The highest BCUT2D eigenvalue weighted by Gasteiger charge is 2.22. The normalized spacial score (nSPS) is 14.0. The van der Waals surface area contributed by atoms with Crippen LogP contribution in [0.2, 0.25) is 0 Å². The molecule has 0 radical (unpaired) electrons. The minimum Gasteiger partial charge on any atom is -0.273 e. The molecule has 3 rings (SSSR count). The Morgan fingerprint density at radius 3 is 2.91 bits per heavy atom. The van der Waals surface area contributed by atoms with Crippen molar-refractivity contribution >= 4 is 39.1 Å². The van der Waals surface area contributed by atoms with E-state index in [9.17, 15) is 9.59 Å². The van der Waals surface area contributed by atoms with Gasteiger partial charge in [-0.15, -0.1) is 22.9 Å². The Morgan fingerprint density at radius 2 is 2.17 bits per heavy atom. The average Bonchev–Trinajstić information content (AvgIpc) is 2.90. The van der Waals surface area contributed by atoms with Crippen molar-refractivity contribution in [1.29, 1.82) is 0 Å². The second kappa shape index (κ2) is 7.01. The van der Waals surface area contributed by atoms with E-state index in [1.807, 2.05) is 6.92 Å². The molecular weight excluding hydrogens is 334 g/mol. The Morgan fingerprint density at radius 1 is 1.39 bits per heavy atom. The number of thiophene rings is 1. The summed E-state index contributed by atoms with van der Waals surface area (Å²) >= 11 is 7.25. The van der Waals surface area contributed by atoms with Crippen molar-refractivity contribution in [2.75, 3.05) is 11.3 Å². The molecule has 1 N–H and O–H groups in total. The van der Waals surface area contributed by atoms with Gasteiger partial charge in [-0.2, -0.15) is 0 Å². The molecule has 0 atom stereocenters. The summed E-state index contributed by atoms with van der Waals surface area (Å²) < 4.78 is 1.34. The first-order valence-corrected chi connectivity index (χ1v) is 9.42. The Kier molecular flexibility index (Phi) is 5.02. The standard InChI is InChI=1S/C16H20ClN3O2S/c1-2-5-12-18-15-14(10-6-3-4-7-11(10)23-15)16(22)20(12)19-13(21)8-9-17/h2-9H2,1H3,(H,19,21). The van der Waals surface area contributed by atoms with Crippen LogP contribution >= 0.6 is 22.9 Å². The molecule has 0 bridgehead atoms. The van der Waals surface area contributed by atoms with Crippen molar-refractivity contribution in [2.24, 2.45) is 0 Å². The van der Waals surface area contributed by atoms with Crippen molar-refractivity contribution in [3.05, 3.63) is 26.6 Å². The van der Waals surface area contributed by atoms with E-state index in [0.29, 0.717) is 17.6 Å². The summed E-state index contributed by atoms with van der Waals surface area (Å²) in [6.45, 7) is 2.03. The number of rotatable bonds is 5. The third kappa shape index (κ3) is 3.15. The number of carbonyl (C=O) groups excluding carboxylic acids is 1. The number of alkyl halides is 1. The first-order chi connectivity index (χ1) is 11.2. The molecule has 0 spiro atoms. The van der Waals surface area contributed by atoms with E-state index in [-0.39, 0.29) is 23.8 Å². The molecule has 0 aliphatic heterocycles. The average molecular weight is 354 g/mol.